The number of unbranched alkanes of at least 4 members (excludes halogenated alkanes) is 26. The minimum atomic E-state index is -1.96. The van der Waals surface area contributed by atoms with Gasteiger partial charge in [0.1, 0.15) is 60.1 Å². The molecule has 0 aliphatic carbocycles. The number of likely N-dealkylation sites (tertiary alicyclic amines) is 1. The van der Waals surface area contributed by atoms with Gasteiger partial charge in [0, 0.05) is 74.6 Å². The predicted molar refractivity (Wildman–Crippen MR) is 486 cm³/mol. The Morgan fingerprint density at radius 2 is 0.815 bits per heavy atom. The number of primary amides is 3. The van der Waals surface area contributed by atoms with Gasteiger partial charge in [-0.3, -0.25) is 67.3 Å². The number of aromatic hydroxyl groups is 1. The third-order valence-corrected chi connectivity index (χ3v) is 25.7. The molecule has 1 aliphatic rings. The van der Waals surface area contributed by atoms with Gasteiger partial charge >= 0.3 is 11.9 Å². The van der Waals surface area contributed by atoms with Crippen LogP contribution < -0.4 is 76.5 Å². The van der Waals surface area contributed by atoms with Crippen molar-refractivity contribution in [1.29, 1.82) is 0 Å². The fraction of sp³-hybridized carbons (Fsp3) is 0.674. The van der Waals surface area contributed by atoms with Crippen LogP contribution in [0.4, 0.5) is 0 Å². The first-order valence-corrected chi connectivity index (χ1v) is 49.1. The zero-order chi connectivity index (χ0) is 91.2. The van der Waals surface area contributed by atoms with Crippen LogP contribution in [-0.2, 0) is 84.8 Å². The molecule has 1 heterocycles. The summed E-state index contributed by atoms with van der Waals surface area (Å²) < 4.78 is 0. The topological polar surface area (TPSA) is 571 Å². The van der Waals surface area contributed by atoms with Crippen LogP contribution in [0.3, 0.4) is 0 Å². The summed E-state index contributed by atoms with van der Waals surface area (Å²) in [7, 11) is 4.12. The molecule has 3 rings (SSSR count). The number of aliphatic imine (C=N–C) groups is 1. The largest absolute Gasteiger partial charge is 0.508 e. The summed E-state index contributed by atoms with van der Waals surface area (Å²) in [6.45, 7) is 3.80. The van der Waals surface area contributed by atoms with Gasteiger partial charge in [-0.25, -0.2) is 9.59 Å². The molecule has 1 saturated heterocycles. The second kappa shape index (κ2) is 66.4. The number of hydrogen-bond acceptors (Lipinski definition) is 21. The highest BCUT2D eigenvalue weighted by Crippen LogP contribution is 2.28. The average Bonchev–Trinajstić information content (AvgIpc) is 1.65. The van der Waals surface area contributed by atoms with Crippen molar-refractivity contribution in [3.63, 3.8) is 0 Å². The lowest BCUT2D eigenvalue weighted by atomic mass is 10.0. The second-order valence-corrected chi connectivity index (χ2v) is 36.7. The van der Waals surface area contributed by atoms with E-state index in [1.54, 1.807) is 30.3 Å². The number of nitrogens with zero attached hydrogens (tertiary/aromatic N) is 2. The summed E-state index contributed by atoms with van der Waals surface area (Å²) in [4.78, 5) is 209. The molecule has 0 spiro atoms. The summed E-state index contributed by atoms with van der Waals surface area (Å²) in [5.41, 5.74) is 28.5. The fourth-order valence-corrected chi connectivity index (χ4v) is 18.3. The average molecular weight is 1810 g/mol. The zero-order valence-electron chi connectivity index (χ0n) is 72.5. The lowest BCUT2D eigenvalue weighted by molar-refractivity contribution is -0.142. The summed E-state index contributed by atoms with van der Waals surface area (Å²) in [6.07, 6.45) is 29.6. The zero-order valence-corrected chi connectivity index (χ0v) is 75.8. The highest BCUT2D eigenvalue weighted by atomic mass is 33.1. The summed E-state index contributed by atoms with van der Waals surface area (Å²) in [6, 6.07) is 0.487. The third kappa shape index (κ3) is 50.8. The number of carboxylic acids is 2. The maximum atomic E-state index is 15.1. The molecule has 0 bridgehead atoms. The van der Waals surface area contributed by atoms with Crippen molar-refractivity contribution in [2.75, 3.05) is 42.6 Å². The van der Waals surface area contributed by atoms with E-state index in [-0.39, 0.29) is 112 Å². The van der Waals surface area contributed by atoms with Crippen LogP contribution in [0.15, 0.2) is 59.6 Å². The van der Waals surface area contributed by atoms with Crippen LogP contribution in [0, 0.1) is 0 Å². The van der Waals surface area contributed by atoms with E-state index in [2.05, 4.69) is 66.7 Å². The van der Waals surface area contributed by atoms with E-state index in [0.717, 1.165) is 95.1 Å². The van der Waals surface area contributed by atoms with Gasteiger partial charge in [-0.15, -0.1) is 0 Å². The molecule has 9 atom stereocenters. The summed E-state index contributed by atoms with van der Waals surface area (Å²) in [5, 5.41) is 53.4. The van der Waals surface area contributed by atoms with Gasteiger partial charge in [-0.05, 0) is 68.2 Å². The smallest absolute Gasteiger partial charge is 0.327 e. The van der Waals surface area contributed by atoms with Crippen LogP contribution in [0.25, 0.3) is 0 Å². The van der Waals surface area contributed by atoms with E-state index in [4.69, 9.17) is 28.7 Å². The molecule has 13 amide bonds. The Kier molecular flexibility index (Phi) is 58.5. The van der Waals surface area contributed by atoms with Crippen molar-refractivity contribution in [2.24, 2.45) is 33.7 Å². The molecule has 22 N–H and O–H groups in total. The minimum Gasteiger partial charge on any atom is -0.508 e. The number of nitrogens with two attached hydrogens (primary N) is 5. The van der Waals surface area contributed by atoms with Crippen LogP contribution in [0.1, 0.15) is 269 Å². The van der Waals surface area contributed by atoms with Gasteiger partial charge in [0.15, 0.2) is 5.96 Å². The molecule has 2 aromatic rings. The quantitative estimate of drug-likeness (QED) is 0.0138. The number of rotatable bonds is 73. The van der Waals surface area contributed by atoms with E-state index in [1.165, 1.54) is 144 Å². The van der Waals surface area contributed by atoms with Crippen molar-refractivity contribution < 1.29 is 87.2 Å². The van der Waals surface area contributed by atoms with Gasteiger partial charge in [-0.2, -0.15) is 0 Å². The highest BCUT2D eigenvalue weighted by Gasteiger charge is 2.41. The molecule has 696 valence electrons. The molecule has 124 heavy (non-hydrogen) atoms. The SMILES string of the molecule is CCCCCCCCCCCCCCCCC(=O)N[C@@H](CSSCCC(=O)N[C@@H](Cc1ccc(O)cc1)C(=O)N[C@@H](Cc1ccccc1)C(=O)N[C@@H](CCC(N)=O)C(=O)N[C@@H](CC(N)=O)C(=O)N[C@@H](CSSC[C@H](NC(=O)CCCCCCCCCCCCCCCC)C(=O)O)C(=O)N1CCC[C@H]1C(=O)N[C@H](CCCN=C(N)N)C(=O)NCC(N)=O)C(=O)O. The van der Waals surface area contributed by atoms with Crippen molar-refractivity contribution in [1.82, 2.24) is 52.8 Å². The van der Waals surface area contributed by atoms with Crippen molar-refractivity contribution in [3.05, 3.63) is 65.7 Å². The second-order valence-electron chi connectivity index (χ2n) is 31.5. The number of benzene rings is 2. The molecule has 34 nitrogen and oxygen atoms in total. The number of carbonyl (C=O) groups excluding carboxylic acids is 13. The van der Waals surface area contributed by atoms with Gasteiger partial charge in [0.2, 0.25) is 76.8 Å². The van der Waals surface area contributed by atoms with Gasteiger partial charge in [0.05, 0.1) is 13.0 Å². The molecule has 0 unspecified atom stereocenters. The van der Waals surface area contributed by atoms with Gasteiger partial charge in [0.25, 0.3) is 0 Å². The number of amides is 13. The number of guanidine groups is 1. The summed E-state index contributed by atoms with van der Waals surface area (Å²) >= 11 is 0. The van der Waals surface area contributed by atoms with Crippen LogP contribution in [0.2, 0.25) is 0 Å². The lowest BCUT2D eigenvalue weighted by Gasteiger charge is -2.31. The maximum absolute atomic E-state index is 15.1. The Bertz CT molecular complexity index is 3610. The Morgan fingerprint density at radius 1 is 0.411 bits per heavy atom. The van der Waals surface area contributed by atoms with Crippen LogP contribution in [0.5, 0.6) is 5.75 Å². The molecule has 0 radical (unpaired) electrons. The molecule has 1 aliphatic heterocycles. The molecule has 0 saturated carbocycles. The Balaban J connectivity index is 1.86. The first kappa shape index (κ1) is 109. The predicted octanol–water partition coefficient (Wildman–Crippen LogP) is 6.91. The third-order valence-electron chi connectivity index (χ3n) is 20.8. The van der Waals surface area contributed by atoms with E-state index >= 15 is 4.79 Å². The number of carbonyl (C=O) groups is 15. The minimum absolute atomic E-state index is 0.0175. The lowest BCUT2D eigenvalue weighted by Crippen LogP contribution is -2.61. The number of nitrogens with one attached hydrogen (secondary N) is 9. The van der Waals surface area contributed by atoms with Gasteiger partial charge in [-0.1, -0.05) is 266 Å². The molecular formula is C86H140N16O18S4. The van der Waals surface area contributed by atoms with E-state index in [1.807, 2.05) is 0 Å². The number of hydrogen-bond donors (Lipinski definition) is 17. The standard InChI is InChI=1S/C86H140N16O18S4/c1-3-5-7-9-11-13-15-17-19-21-23-25-27-32-40-74(107)95-68(84(117)118)57-122-121-51-48-76(109)94-64(53-60-42-44-61(103)45-43-60)79(112)99-65(52-59-36-30-29-31-37-59)80(113)97-63(46-47-71(87)104)78(111)100-66(54-72(88)105)81(114)101-67(83(116)102-50-35-39-70(102)82(115)98-62(38-34-49-92-86(90)91)77(110)93-55-73(89)106)56-123-124-58-69(85(119)120)96-75(108)41-33-28-26-24-22-20-18-16-14-12-10-8-6-4-2/h29-31,36-37,42-45,62-70,103H,3-28,32-35,38-41,46-58H2,1-2H3,(H2,87,104)(H2,88,105)(H2,89,106)(H,93,110)(H,94,109)(H,95,107)(H,96,108)(H,97,113)(H,98,115)(H,99,112)(H,100,111)(H,101,114)(H,117,118)(H,119,120)(H4,90,91,92)/t62-,63+,64+,65+,66+,67+,68+,69+,70+/m1/s1. The van der Waals surface area contributed by atoms with Crippen molar-refractivity contribution >= 4 is 138 Å². The Morgan fingerprint density at radius 3 is 1.28 bits per heavy atom. The van der Waals surface area contributed by atoms with Crippen molar-refractivity contribution in [3.8, 4) is 5.75 Å². The van der Waals surface area contributed by atoms with E-state index < -0.39 is 163 Å². The molecule has 0 aromatic heterocycles. The Hall–Kier alpha value is -9.04. The van der Waals surface area contributed by atoms with Crippen molar-refractivity contribution in [2.45, 2.75) is 325 Å². The number of aliphatic carboxylic acids is 2. The number of phenolic OH excluding ortho intramolecular Hbond substituents is 1. The number of phenols is 1. The van der Waals surface area contributed by atoms with E-state index in [0.29, 0.717) is 24.0 Å². The first-order valence-electron chi connectivity index (χ1n) is 44.2. The number of carboxylic acid groups (broad SMARTS) is 2. The molecule has 1 fully saturated rings. The van der Waals surface area contributed by atoms with E-state index in [9.17, 15) is 82.4 Å². The van der Waals surface area contributed by atoms with Gasteiger partial charge < -0.3 is 96.7 Å². The summed E-state index contributed by atoms with van der Waals surface area (Å²) in [5.74, 6) is -14.7. The highest BCUT2D eigenvalue weighted by molar-refractivity contribution is 8.77. The normalized spacial score (nSPS) is 14.3. The van der Waals surface area contributed by atoms with Crippen LogP contribution in [-0.4, -0.2) is 212 Å². The fourth-order valence-electron chi connectivity index (χ4n) is 13.9. The molecule has 38 heteroatoms. The maximum Gasteiger partial charge on any atom is 0.327 e. The van der Waals surface area contributed by atoms with Crippen LogP contribution >= 0.6 is 43.2 Å². The molecule has 2 aromatic carbocycles. The Labute approximate surface area is 746 Å². The molecular weight excluding hydrogens is 1670 g/mol. The first-order chi connectivity index (χ1) is 59.5. The monoisotopic (exact) mass is 1810 g/mol.